The molecule has 0 radical (unpaired) electrons. The molecule has 0 aromatic heterocycles. The third-order valence-corrected chi connectivity index (χ3v) is 3.63. The van der Waals surface area contributed by atoms with Crippen molar-refractivity contribution in [3.8, 4) is 5.75 Å². The number of hydrogen-bond donors (Lipinski definition) is 1. The second-order valence-corrected chi connectivity index (χ2v) is 5.02. The van der Waals surface area contributed by atoms with Gasteiger partial charge in [-0.15, -0.1) is 0 Å². The maximum absolute atomic E-state index is 5.83. The first-order valence-corrected chi connectivity index (χ1v) is 6.14. The molecule has 1 aliphatic rings. The van der Waals surface area contributed by atoms with Crippen LogP contribution >= 0.6 is 0 Å². The predicted octanol–water partition coefficient (Wildman–Crippen LogP) is 2.78. The summed E-state index contributed by atoms with van der Waals surface area (Å²) in [5, 5.41) is 0. The first-order valence-electron chi connectivity index (χ1n) is 6.14. The molecular weight excluding hydrogens is 198 g/mol. The number of benzene rings is 1. The van der Waals surface area contributed by atoms with Gasteiger partial charge in [-0.3, -0.25) is 0 Å². The summed E-state index contributed by atoms with van der Waals surface area (Å²) in [7, 11) is 0. The van der Waals surface area contributed by atoms with E-state index in [2.05, 4.69) is 32.0 Å². The highest BCUT2D eigenvalue weighted by Crippen LogP contribution is 2.38. The number of nitrogens with two attached hydrogens (primary N) is 1. The van der Waals surface area contributed by atoms with Crippen LogP contribution in [-0.2, 0) is 0 Å². The van der Waals surface area contributed by atoms with Crippen LogP contribution in [-0.4, -0.2) is 13.2 Å². The number of hydrogen-bond acceptors (Lipinski definition) is 2. The Morgan fingerprint density at radius 1 is 1.38 bits per heavy atom. The molecule has 2 unspecified atom stereocenters. The fraction of sp³-hybridized carbons (Fsp3) is 0.571. The SMILES string of the molecule is CC(C)C(CN)CC1COc2ccccc21. The van der Waals surface area contributed by atoms with Gasteiger partial charge in [-0.25, -0.2) is 0 Å². The molecule has 2 N–H and O–H groups in total. The Bertz CT molecular complexity index is 348. The third kappa shape index (κ3) is 2.22. The fourth-order valence-corrected chi connectivity index (χ4v) is 2.43. The lowest BCUT2D eigenvalue weighted by Crippen LogP contribution is -2.22. The van der Waals surface area contributed by atoms with Crippen LogP contribution in [0.2, 0.25) is 0 Å². The summed E-state index contributed by atoms with van der Waals surface area (Å²) in [5.74, 6) is 2.84. The van der Waals surface area contributed by atoms with E-state index in [0.717, 1.165) is 25.3 Å². The van der Waals surface area contributed by atoms with Crippen molar-refractivity contribution >= 4 is 0 Å². The average molecular weight is 219 g/mol. The summed E-state index contributed by atoms with van der Waals surface area (Å²) in [6, 6.07) is 8.36. The first-order chi connectivity index (χ1) is 7.72. The van der Waals surface area contributed by atoms with Crippen LogP contribution in [0.3, 0.4) is 0 Å². The predicted molar refractivity (Wildman–Crippen MR) is 66.7 cm³/mol. The van der Waals surface area contributed by atoms with E-state index in [-0.39, 0.29) is 0 Å². The maximum Gasteiger partial charge on any atom is 0.122 e. The van der Waals surface area contributed by atoms with Crippen molar-refractivity contribution in [2.75, 3.05) is 13.2 Å². The summed E-state index contributed by atoms with van der Waals surface area (Å²) in [6.07, 6.45) is 1.14. The van der Waals surface area contributed by atoms with Crippen molar-refractivity contribution < 1.29 is 4.74 Å². The van der Waals surface area contributed by atoms with E-state index in [1.54, 1.807) is 0 Å². The van der Waals surface area contributed by atoms with Gasteiger partial charge in [0.25, 0.3) is 0 Å². The lowest BCUT2D eigenvalue weighted by atomic mass is 9.84. The van der Waals surface area contributed by atoms with Crippen LogP contribution in [0.1, 0.15) is 31.7 Å². The molecule has 2 nitrogen and oxygen atoms in total. The van der Waals surface area contributed by atoms with Crippen LogP contribution in [0.4, 0.5) is 0 Å². The van der Waals surface area contributed by atoms with Crippen molar-refractivity contribution in [2.24, 2.45) is 17.6 Å². The topological polar surface area (TPSA) is 35.2 Å². The summed E-state index contributed by atoms with van der Waals surface area (Å²) in [6.45, 7) is 6.09. The molecule has 1 heterocycles. The molecule has 1 aliphatic heterocycles. The first kappa shape index (κ1) is 11.5. The van der Waals surface area contributed by atoms with Gasteiger partial charge in [-0.05, 0) is 30.9 Å². The number of rotatable bonds is 4. The van der Waals surface area contributed by atoms with Crippen LogP contribution in [0.5, 0.6) is 5.75 Å². The van der Waals surface area contributed by atoms with E-state index in [1.165, 1.54) is 5.56 Å². The van der Waals surface area contributed by atoms with E-state index < -0.39 is 0 Å². The standard InChI is InChI=1S/C14H21NO/c1-10(2)11(8-15)7-12-9-16-14-6-4-3-5-13(12)14/h3-6,10-12H,7-9,15H2,1-2H3. The Morgan fingerprint density at radius 3 is 2.81 bits per heavy atom. The number of para-hydroxylation sites is 1. The van der Waals surface area contributed by atoms with Crippen molar-refractivity contribution in [1.82, 2.24) is 0 Å². The van der Waals surface area contributed by atoms with Crippen LogP contribution in [0.25, 0.3) is 0 Å². The second-order valence-electron chi connectivity index (χ2n) is 5.02. The minimum atomic E-state index is 0.534. The smallest absolute Gasteiger partial charge is 0.122 e. The highest BCUT2D eigenvalue weighted by Gasteiger charge is 2.27. The molecule has 16 heavy (non-hydrogen) atoms. The molecule has 0 saturated heterocycles. The van der Waals surface area contributed by atoms with E-state index in [0.29, 0.717) is 17.8 Å². The summed E-state index contributed by atoms with van der Waals surface area (Å²) in [4.78, 5) is 0. The third-order valence-electron chi connectivity index (χ3n) is 3.63. The highest BCUT2D eigenvalue weighted by molar-refractivity contribution is 5.39. The average Bonchev–Trinajstić information content (AvgIpc) is 2.69. The summed E-state index contributed by atoms with van der Waals surface area (Å²) >= 11 is 0. The van der Waals surface area contributed by atoms with Gasteiger partial charge in [0.1, 0.15) is 5.75 Å². The van der Waals surface area contributed by atoms with Gasteiger partial charge in [-0.2, -0.15) is 0 Å². The Labute approximate surface area is 97.8 Å². The Morgan fingerprint density at radius 2 is 2.12 bits per heavy atom. The largest absolute Gasteiger partial charge is 0.493 e. The molecule has 0 amide bonds. The molecule has 0 aliphatic carbocycles. The van der Waals surface area contributed by atoms with Crippen molar-refractivity contribution in [3.05, 3.63) is 29.8 Å². The zero-order chi connectivity index (χ0) is 11.5. The van der Waals surface area contributed by atoms with Crippen molar-refractivity contribution in [1.29, 1.82) is 0 Å². The van der Waals surface area contributed by atoms with Crippen molar-refractivity contribution in [3.63, 3.8) is 0 Å². The normalized spacial score (nSPS) is 20.6. The summed E-state index contributed by atoms with van der Waals surface area (Å²) < 4.78 is 5.70. The minimum Gasteiger partial charge on any atom is -0.493 e. The van der Waals surface area contributed by atoms with Gasteiger partial charge in [0.15, 0.2) is 0 Å². The molecule has 1 aromatic carbocycles. The number of fused-ring (bicyclic) bond motifs is 1. The van der Waals surface area contributed by atoms with Crippen molar-refractivity contribution in [2.45, 2.75) is 26.2 Å². The molecule has 0 fully saturated rings. The van der Waals surface area contributed by atoms with Gasteiger partial charge in [-0.1, -0.05) is 32.0 Å². The Balaban J connectivity index is 2.08. The monoisotopic (exact) mass is 219 g/mol. The van der Waals surface area contributed by atoms with E-state index in [1.807, 2.05) is 6.07 Å². The van der Waals surface area contributed by atoms with Crippen LogP contribution in [0, 0.1) is 11.8 Å². The quantitative estimate of drug-likeness (QED) is 0.845. The van der Waals surface area contributed by atoms with Gasteiger partial charge in [0.2, 0.25) is 0 Å². The van der Waals surface area contributed by atoms with Gasteiger partial charge < -0.3 is 10.5 Å². The lowest BCUT2D eigenvalue weighted by Gasteiger charge is -2.21. The van der Waals surface area contributed by atoms with Gasteiger partial charge in [0, 0.05) is 11.5 Å². The molecule has 0 saturated carbocycles. The Kier molecular flexibility index (Phi) is 3.49. The molecular formula is C14H21NO. The maximum atomic E-state index is 5.83. The van der Waals surface area contributed by atoms with E-state index in [9.17, 15) is 0 Å². The Hall–Kier alpha value is -1.02. The summed E-state index contributed by atoms with van der Waals surface area (Å²) in [5.41, 5.74) is 7.19. The molecule has 1 aromatic rings. The molecule has 2 rings (SSSR count). The van der Waals surface area contributed by atoms with E-state index >= 15 is 0 Å². The second kappa shape index (κ2) is 4.88. The van der Waals surface area contributed by atoms with Crippen LogP contribution in [0.15, 0.2) is 24.3 Å². The molecule has 0 bridgehead atoms. The van der Waals surface area contributed by atoms with Gasteiger partial charge in [0.05, 0.1) is 6.61 Å². The molecule has 0 spiro atoms. The van der Waals surface area contributed by atoms with E-state index in [4.69, 9.17) is 10.5 Å². The minimum absolute atomic E-state index is 0.534. The zero-order valence-electron chi connectivity index (χ0n) is 10.1. The number of ether oxygens (including phenoxy) is 1. The highest BCUT2D eigenvalue weighted by atomic mass is 16.5. The molecule has 2 atom stereocenters. The molecule has 88 valence electrons. The fourth-order valence-electron chi connectivity index (χ4n) is 2.43. The lowest BCUT2D eigenvalue weighted by molar-refractivity contribution is 0.282. The van der Waals surface area contributed by atoms with Crippen LogP contribution < -0.4 is 10.5 Å². The van der Waals surface area contributed by atoms with Gasteiger partial charge >= 0.3 is 0 Å². The zero-order valence-corrected chi connectivity index (χ0v) is 10.1. The molecule has 2 heteroatoms.